The summed E-state index contributed by atoms with van der Waals surface area (Å²) in [5, 5.41) is 2.86. The van der Waals surface area contributed by atoms with E-state index < -0.39 is 0 Å². The molecule has 2 unspecified atom stereocenters. The molecule has 1 fully saturated rings. The number of nitrogens with one attached hydrogen (secondary N) is 1. The third-order valence-electron chi connectivity index (χ3n) is 4.10. The van der Waals surface area contributed by atoms with E-state index in [4.69, 9.17) is 10.5 Å². The highest BCUT2D eigenvalue weighted by Crippen LogP contribution is 2.26. The van der Waals surface area contributed by atoms with Crippen LogP contribution in [0.5, 0.6) is 0 Å². The Hall–Kier alpha value is -1.59. The van der Waals surface area contributed by atoms with Crippen LogP contribution in [0.4, 0.5) is 5.69 Å². The second-order valence-electron chi connectivity index (χ2n) is 5.76. The van der Waals surface area contributed by atoms with E-state index in [-0.39, 0.29) is 36.2 Å². The molecule has 1 aliphatic rings. The molecule has 0 heterocycles. The van der Waals surface area contributed by atoms with Crippen LogP contribution in [0.3, 0.4) is 0 Å². The maximum atomic E-state index is 12.1. The molecule has 5 nitrogen and oxygen atoms in total. The first-order valence-corrected chi connectivity index (χ1v) is 7.92. The summed E-state index contributed by atoms with van der Waals surface area (Å²) in [4.78, 5) is 23.6. The first-order chi connectivity index (χ1) is 10.6. The smallest absolute Gasteiger partial charge is 0.338 e. The number of anilines is 1. The molecule has 23 heavy (non-hydrogen) atoms. The van der Waals surface area contributed by atoms with Crippen LogP contribution in [0.25, 0.3) is 0 Å². The molecule has 0 bridgehead atoms. The van der Waals surface area contributed by atoms with Crippen LogP contribution in [-0.4, -0.2) is 24.5 Å². The molecule has 0 saturated heterocycles. The number of rotatable bonds is 5. The monoisotopic (exact) mass is 340 g/mol. The first-order valence-electron chi connectivity index (χ1n) is 7.92. The van der Waals surface area contributed by atoms with Gasteiger partial charge >= 0.3 is 5.97 Å². The molecular formula is C17H25ClN2O3. The van der Waals surface area contributed by atoms with E-state index >= 15 is 0 Å². The lowest BCUT2D eigenvalue weighted by Crippen LogP contribution is -2.35. The minimum absolute atomic E-state index is 0. The number of halogens is 1. The van der Waals surface area contributed by atoms with Gasteiger partial charge in [-0.2, -0.15) is 0 Å². The molecule has 2 atom stereocenters. The molecule has 0 spiro atoms. The Balaban J connectivity index is 0.00000264. The van der Waals surface area contributed by atoms with Crippen LogP contribution in [0.2, 0.25) is 0 Å². The summed E-state index contributed by atoms with van der Waals surface area (Å²) in [5.74, 6) is -0.104. The Morgan fingerprint density at radius 1 is 1.22 bits per heavy atom. The highest BCUT2D eigenvalue weighted by atomic mass is 35.5. The van der Waals surface area contributed by atoms with Crippen molar-refractivity contribution in [2.75, 3.05) is 11.9 Å². The van der Waals surface area contributed by atoms with Crippen LogP contribution in [0.15, 0.2) is 24.3 Å². The molecule has 1 aromatic carbocycles. The average molecular weight is 341 g/mol. The lowest BCUT2D eigenvalue weighted by atomic mass is 9.83. The van der Waals surface area contributed by atoms with E-state index in [1.54, 1.807) is 31.2 Å². The van der Waals surface area contributed by atoms with Crippen molar-refractivity contribution in [2.24, 2.45) is 11.7 Å². The van der Waals surface area contributed by atoms with Crippen molar-refractivity contribution < 1.29 is 14.3 Å². The highest BCUT2D eigenvalue weighted by molar-refractivity contribution is 5.93. The molecule has 0 aromatic heterocycles. The fraction of sp³-hybridized carbons (Fsp3) is 0.529. The number of carbonyl (C=O) groups is 2. The minimum Gasteiger partial charge on any atom is -0.462 e. The zero-order valence-corrected chi connectivity index (χ0v) is 14.2. The van der Waals surface area contributed by atoms with Crippen molar-refractivity contribution in [1.29, 1.82) is 0 Å². The van der Waals surface area contributed by atoms with E-state index in [0.29, 0.717) is 24.3 Å². The Morgan fingerprint density at radius 3 is 2.48 bits per heavy atom. The second-order valence-corrected chi connectivity index (χ2v) is 5.76. The van der Waals surface area contributed by atoms with Gasteiger partial charge in [0.15, 0.2) is 0 Å². The Bertz CT molecular complexity index is 519. The third kappa shape index (κ3) is 5.84. The van der Waals surface area contributed by atoms with E-state index in [1.807, 2.05) is 0 Å². The van der Waals surface area contributed by atoms with E-state index in [9.17, 15) is 9.59 Å². The van der Waals surface area contributed by atoms with Crippen molar-refractivity contribution in [3.05, 3.63) is 29.8 Å². The largest absolute Gasteiger partial charge is 0.462 e. The summed E-state index contributed by atoms with van der Waals surface area (Å²) in [6.45, 7) is 2.11. The van der Waals surface area contributed by atoms with Gasteiger partial charge in [-0.05, 0) is 49.9 Å². The number of amides is 1. The number of hydrogen-bond donors (Lipinski definition) is 2. The molecule has 1 saturated carbocycles. The van der Waals surface area contributed by atoms with Crippen LogP contribution < -0.4 is 11.1 Å². The quantitative estimate of drug-likeness (QED) is 0.807. The zero-order valence-electron chi connectivity index (χ0n) is 13.4. The van der Waals surface area contributed by atoms with Crippen LogP contribution in [0, 0.1) is 5.92 Å². The molecule has 0 aliphatic heterocycles. The van der Waals surface area contributed by atoms with E-state index in [1.165, 1.54) is 0 Å². The summed E-state index contributed by atoms with van der Waals surface area (Å²) >= 11 is 0. The van der Waals surface area contributed by atoms with Crippen molar-refractivity contribution in [1.82, 2.24) is 0 Å². The molecular weight excluding hydrogens is 316 g/mol. The maximum Gasteiger partial charge on any atom is 0.338 e. The molecule has 1 aromatic rings. The average Bonchev–Trinajstić information content (AvgIpc) is 2.50. The Labute approximate surface area is 143 Å². The van der Waals surface area contributed by atoms with Gasteiger partial charge in [-0.15, -0.1) is 12.4 Å². The van der Waals surface area contributed by atoms with Gasteiger partial charge in [0.25, 0.3) is 0 Å². The molecule has 3 N–H and O–H groups in total. The minimum atomic E-state index is -0.353. The number of esters is 1. The Kier molecular flexibility index (Phi) is 8.06. The number of carbonyl (C=O) groups excluding carboxylic acids is 2. The number of hydrogen-bond acceptors (Lipinski definition) is 4. The summed E-state index contributed by atoms with van der Waals surface area (Å²) < 4.78 is 4.92. The van der Waals surface area contributed by atoms with Crippen molar-refractivity contribution in [3.8, 4) is 0 Å². The standard InChI is InChI=1S/C17H24N2O3.ClH/c1-2-22-17(21)12-7-9-14(10-8-12)19-16(20)11-13-5-3-4-6-15(13)18;/h7-10,13,15H,2-6,11,18H2,1H3,(H,19,20);1H. The molecule has 0 radical (unpaired) electrons. The lowest BCUT2D eigenvalue weighted by Gasteiger charge is -2.27. The number of benzene rings is 1. The summed E-state index contributed by atoms with van der Waals surface area (Å²) in [6, 6.07) is 6.86. The van der Waals surface area contributed by atoms with E-state index in [2.05, 4.69) is 5.32 Å². The van der Waals surface area contributed by atoms with Crippen molar-refractivity contribution in [2.45, 2.75) is 45.1 Å². The molecule has 128 valence electrons. The maximum absolute atomic E-state index is 12.1. The number of nitrogens with two attached hydrogens (primary N) is 1. The summed E-state index contributed by atoms with van der Waals surface area (Å²) in [7, 11) is 0. The topological polar surface area (TPSA) is 81.4 Å². The lowest BCUT2D eigenvalue weighted by molar-refractivity contribution is -0.117. The predicted molar refractivity (Wildman–Crippen MR) is 92.8 cm³/mol. The van der Waals surface area contributed by atoms with Crippen LogP contribution >= 0.6 is 12.4 Å². The predicted octanol–water partition coefficient (Wildman–Crippen LogP) is 3.13. The number of ether oxygens (including phenoxy) is 1. The fourth-order valence-corrected chi connectivity index (χ4v) is 2.84. The van der Waals surface area contributed by atoms with Gasteiger partial charge in [0.1, 0.15) is 0 Å². The SMILES string of the molecule is CCOC(=O)c1ccc(NC(=O)CC2CCCCC2N)cc1.Cl. The van der Waals surface area contributed by atoms with Gasteiger partial charge in [0, 0.05) is 18.2 Å². The van der Waals surface area contributed by atoms with Crippen LogP contribution in [0.1, 0.15) is 49.4 Å². The fourth-order valence-electron chi connectivity index (χ4n) is 2.84. The Morgan fingerprint density at radius 2 is 1.87 bits per heavy atom. The molecule has 2 rings (SSSR count). The molecule has 6 heteroatoms. The zero-order chi connectivity index (χ0) is 15.9. The van der Waals surface area contributed by atoms with Crippen LogP contribution in [-0.2, 0) is 9.53 Å². The normalized spacial score (nSPS) is 20.3. The highest BCUT2D eigenvalue weighted by Gasteiger charge is 2.24. The third-order valence-corrected chi connectivity index (χ3v) is 4.10. The van der Waals surface area contributed by atoms with Gasteiger partial charge in [0.2, 0.25) is 5.91 Å². The van der Waals surface area contributed by atoms with Gasteiger partial charge in [-0.25, -0.2) is 4.79 Å². The second kappa shape index (κ2) is 9.53. The van der Waals surface area contributed by atoms with Gasteiger partial charge < -0.3 is 15.8 Å². The molecule has 1 aliphatic carbocycles. The van der Waals surface area contributed by atoms with E-state index in [0.717, 1.165) is 25.7 Å². The summed E-state index contributed by atoms with van der Waals surface area (Å²) in [5.41, 5.74) is 7.23. The van der Waals surface area contributed by atoms with Gasteiger partial charge in [-0.1, -0.05) is 12.8 Å². The van der Waals surface area contributed by atoms with Gasteiger partial charge in [-0.3, -0.25) is 4.79 Å². The first kappa shape index (κ1) is 19.5. The summed E-state index contributed by atoms with van der Waals surface area (Å²) in [6.07, 6.45) is 4.80. The van der Waals surface area contributed by atoms with Crippen molar-refractivity contribution >= 4 is 30.0 Å². The van der Waals surface area contributed by atoms with Gasteiger partial charge in [0.05, 0.1) is 12.2 Å². The molecule has 1 amide bonds. The van der Waals surface area contributed by atoms with Crippen molar-refractivity contribution in [3.63, 3.8) is 0 Å².